The minimum atomic E-state index is -0.476. The molecule has 1 aromatic carbocycles. The van der Waals surface area contributed by atoms with Crippen molar-refractivity contribution in [1.29, 1.82) is 0 Å². The summed E-state index contributed by atoms with van der Waals surface area (Å²) in [5.74, 6) is 0.422. The van der Waals surface area contributed by atoms with Gasteiger partial charge >= 0.3 is 5.97 Å². The van der Waals surface area contributed by atoms with Crippen LogP contribution in [0.5, 0.6) is 0 Å². The number of esters is 1. The molecule has 29 heavy (non-hydrogen) atoms. The molecule has 0 fully saturated rings. The normalized spacial score (nSPS) is 11.0. The van der Waals surface area contributed by atoms with Gasteiger partial charge in [0.05, 0.1) is 19.0 Å². The zero-order valence-electron chi connectivity index (χ0n) is 16.5. The smallest absolute Gasteiger partial charge is 0.356 e. The lowest BCUT2D eigenvalue weighted by Gasteiger charge is -2.08. The molecule has 0 aliphatic carbocycles. The quantitative estimate of drug-likeness (QED) is 0.510. The fourth-order valence-corrected chi connectivity index (χ4v) is 3.07. The van der Waals surface area contributed by atoms with Gasteiger partial charge in [-0.05, 0) is 41.3 Å². The summed E-state index contributed by atoms with van der Waals surface area (Å²) in [6.07, 6.45) is 3.41. The Labute approximate surface area is 168 Å². The molecular formula is C22H21N5O2. The van der Waals surface area contributed by atoms with Crippen LogP contribution in [0.25, 0.3) is 16.8 Å². The van der Waals surface area contributed by atoms with Gasteiger partial charge in [0, 0.05) is 11.8 Å². The van der Waals surface area contributed by atoms with Gasteiger partial charge < -0.3 is 10.1 Å². The summed E-state index contributed by atoms with van der Waals surface area (Å²) in [5.41, 5.74) is 5.07. The molecule has 0 aliphatic heterocycles. The molecule has 1 N–H and O–H groups in total. The first kappa shape index (κ1) is 18.6. The molecule has 0 saturated carbocycles. The lowest BCUT2D eigenvalue weighted by Crippen LogP contribution is -2.04. The van der Waals surface area contributed by atoms with Gasteiger partial charge in [0.15, 0.2) is 5.65 Å². The molecule has 0 bridgehead atoms. The Kier molecular flexibility index (Phi) is 4.95. The van der Waals surface area contributed by atoms with Gasteiger partial charge in [-0.3, -0.25) is 0 Å². The Morgan fingerprint density at radius 2 is 2.00 bits per heavy atom. The minimum Gasteiger partial charge on any atom is -0.464 e. The summed E-state index contributed by atoms with van der Waals surface area (Å²) in [5, 5.41) is 7.63. The molecule has 3 heterocycles. The summed E-state index contributed by atoms with van der Waals surface area (Å²) in [4.78, 5) is 20.3. The molecule has 7 heteroatoms. The van der Waals surface area contributed by atoms with Crippen LogP contribution in [-0.2, 0) is 4.74 Å². The summed E-state index contributed by atoms with van der Waals surface area (Å²) in [6, 6.07) is 15.8. The van der Waals surface area contributed by atoms with E-state index in [-0.39, 0.29) is 5.69 Å². The predicted octanol–water partition coefficient (Wildman–Crippen LogP) is 4.44. The number of hydrogen-bond acceptors (Lipinski definition) is 6. The number of pyridine rings is 2. The monoisotopic (exact) mass is 387 g/mol. The molecule has 0 spiro atoms. The van der Waals surface area contributed by atoms with Gasteiger partial charge in [-0.2, -0.15) is 4.98 Å². The van der Waals surface area contributed by atoms with Crippen molar-refractivity contribution in [2.24, 2.45) is 0 Å². The number of benzene rings is 1. The Balaban J connectivity index is 1.66. The van der Waals surface area contributed by atoms with Crippen molar-refractivity contribution in [2.45, 2.75) is 19.8 Å². The Morgan fingerprint density at radius 3 is 2.72 bits per heavy atom. The van der Waals surface area contributed by atoms with Crippen molar-refractivity contribution in [3.63, 3.8) is 0 Å². The maximum atomic E-state index is 11.5. The maximum Gasteiger partial charge on any atom is 0.356 e. The third-order valence-corrected chi connectivity index (χ3v) is 4.64. The van der Waals surface area contributed by atoms with Crippen LogP contribution in [0.2, 0.25) is 0 Å². The van der Waals surface area contributed by atoms with E-state index in [0.29, 0.717) is 17.6 Å². The zero-order chi connectivity index (χ0) is 20.4. The molecule has 0 aliphatic rings. The van der Waals surface area contributed by atoms with Crippen LogP contribution >= 0.6 is 0 Å². The molecule has 4 rings (SSSR count). The predicted molar refractivity (Wildman–Crippen MR) is 111 cm³/mol. The minimum absolute atomic E-state index is 0.244. The highest BCUT2D eigenvalue weighted by molar-refractivity contribution is 5.87. The van der Waals surface area contributed by atoms with Gasteiger partial charge in [0.2, 0.25) is 5.95 Å². The second kappa shape index (κ2) is 7.71. The molecule has 146 valence electrons. The molecule has 3 aromatic heterocycles. The number of rotatable bonds is 5. The highest BCUT2D eigenvalue weighted by atomic mass is 16.5. The second-order valence-corrected chi connectivity index (χ2v) is 6.95. The Bertz CT molecular complexity index is 1170. The van der Waals surface area contributed by atoms with Crippen LogP contribution in [0.3, 0.4) is 0 Å². The maximum absolute atomic E-state index is 11.5. The van der Waals surface area contributed by atoms with Crippen LogP contribution in [-0.4, -0.2) is 32.7 Å². The Morgan fingerprint density at radius 1 is 1.14 bits per heavy atom. The van der Waals surface area contributed by atoms with Gasteiger partial charge in [-0.25, -0.2) is 14.3 Å². The van der Waals surface area contributed by atoms with E-state index in [1.54, 1.807) is 22.8 Å². The number of nitrogens with one attached hydrogen (secondary N) is 1. The first-order valence-corrected chi connectivity index (χ1v) is 9.32. The lowest BCUT2D eigenvalue weighted by atomic mass is 9.98. The zero-order valence-corrected chi connectivity index (χ0v) is 16.5. The van der Waals surface area contributed by atoms with Crippen LogP contribution in [0.15, 0.2) is 60.9 Å². The topological polar surface area (TPSA) is 81.4 Å². The highest BCUT2D eigenvalue weighted by Gasteiger charge is 2.12. The number of nitrogens with zero attached hydrogens (tertiary/aromatic N) is 4. The van der Waals surface area contributed by atoms with Crippen molar-refractivity contribution in [1.82, 2.24) is 19.6 Å². The summed E-state index contributed by atoms with van der Waals surface area (Å²) < 4.78 is 6.41. The van der Waals surface area contributed by atoms with E-state index in [1.807, 2.05) is 18.3 Å². The standard InChI is InChI=1S/C22H21N5O2/c1-14(2)15-6-4-7-16(12-15)18-8-5-11-27-20(18)25-22(26-27)24-17-9-10-19(23-13-17)21(28)29-3/h4-14H,1-3H3,(H,24,26). The Hall–Kier alpha value is -3.74. The number of ether oxygens (including phenoxy) is 1. The third-order valence-electron chi connectivity index (χ3n) is 4.64. The summed E-state index contributed by atoms with van der Waals surface area (Å²) >= 11 is 0. The van der Waals surface area contributed by atoms with Crippen molar-refractivity contribution in [3.8, 4) is 11.1 Å². The van der Waals surface area contributed by atoms with E-state index in [9.17, 15) is 4.79 Å². The van der Waals surface area contributed by atoms with Crippen molar-refractivity contribution in [2.75, 3.05) is 12.4 Å². The molecule has 0 amide bonds. The molecule has 0 radical (unpaired) electrons. The number of fused-ring (bicyclic) bond motifs is 1. The third kappa shape index (κ3) is 3.80. The first-order valence-electron chi connectivity index (χ1n) is 9.32. The average molecular weight is 387 g/mol. The number of methoxy groups -OCH3 is 1. The van der Waals surface area contributed by atoms with Gasteiger partial charge in [0.1, 0.15) is 5.69 Å². The van der Waals surface area contributed by atoms with Gasteiger partial charge in [-0.1, -0.05) is 38.1 Å². The summed E-state index contributed by atoms with van der Waals surface area (Å²) in [7, 11) is 1.32. The van der Waals surface area contributed by atoms with E-state index in [1.165, 1.54) is 12.7 Å². The van der Waals surface area contributed by atoms with Crippen molar-refractivity contribution >= 4 is 23.3 Å². The van der Waals surface area contributed by atoms with Crippen LogP contribution in [0.1, 0.15) is 35.8 Å². The van der Waals surface area contributed by atoms with E-state index >= 15 is 0 Å². The van der Waals surface area contributed by atoms with Crippen LogP contribution < -0.4 is 5.32 Å². The van der Waals surface area contributed by atoms with E-state index in [2.05, 4.69) is 63.2 Å². The molecule has 4 aromatic rings. The number of anilines is 2. The van der Waals surface area contributed by atoms with Gasteiger partial charge in [0.25, 0.3) is 0 Å². The van der Waals surface area contributed by atoms with Crippen molar-refractivity contribution < 1.29 is 9.53 Å². The number of carbonyl (C=O) groups is 1. The average Bonchev–Trinajstić information content (AvgIpc) is 3.16. The summed E-state index contributed by atoms with van der Waals surface area (Å²) in [6.45, 7) is 4.36. The van der Waals surface area contributed by atoms with E-state index < -0.39 is 5.97 Å². The SMILES string of the molecule is COC(=O)c1ccc(Nc2nc3c(-c4cccc(C(C)C)c4)cccn3n2)cn1. The van der Waals surface area contributed by atoms with Crippen molar-refractivity contribution in [3.05, 3.63) is 72.2 Å². The highest BCUT2D eigenvalue weighted by Crippen LogP contribution is 2.27. The molecule has 0 atom stereocenters. The fourth-order valence-electron chi connectivity index (χ4n) is 3.07. The number of hydrogen-bond donors (Lipinski definition) is 1. The molecular weight excluding hydrogens is 366 g/mol. The molecule has 0 saturated heterocycles. The van der Waals surface area contributed by atoms with Crippen LogP contribution in [0.4, 0.5) is 11.6 Å². The molecule has 0 unspecified atom stereocenters. The van der Waals surface area contributed by atoms with E-state index in [0.717, 1.165) is 16.8 Å². The number of carbonyl (C=O) groups excluding carboxylic acids is 1. The first-order chi connectivity index (χ1) is 14.0. The second-order valence-electron chi connectivity index (χ2n) is 6.95. The number of aromatic nitrogens is 4. The van der Waals surface area contributed by atoms with E-state index in [4.69, 9.17) is 0 Å². The van der Waals surface area contributed by atoms with Crippen LogP contribution in [0, 0.1) is 0 Å². The lowest BCUT2D eigenvalue weighted by molar-refractivity contribution is 0.0594. The molecule has 7 nitrogen and oxygen atoms in total. The van der Waals surface area contributed by atoms with Gasteiger partial charge in [-0.15, -0.1) is 5.10 Å². The largest absolute Gasteiger partial charge is 0.464 e. The fraction of sp³-hybridized carbons (Fsp3) is 0.182.